The first-order valence-corrected chi connectivity index (χ1v) is 18.0. The standard InChI is InChI=1S/C42H47N3O9/c1-47-33-18-16-27(35-26-32(45-54-35)29-24-38(49-3)40(51-5)39(25-29)50-4)22-37(33)53-21-13-9-7-6-8-12-20-52-34-19-17-28(23-36(34)48-2)41-43-31-15-11-10-14-30(31)42(46)44-41/h10-11,14-19,22-26,41,43H,6-9,12-13,20-21H2,1-5H3,(H,44,46). The summed E-state index contributed by atoms with van der Waals surface area (Å²) < 4.78 is 45.6. The number of methoxy groups -OCH3 is 5. The Morgan fingerprint density at radius 2 is 1.22 bits per heavy atom. The molecule has 0 saturated heterocycles. The van der Waals surface area contributed by atoms with Crippen LogP contribution in [0, 0.1) is 0 Å². The van der Waals surface area contributed by atoms with Crippen LogP contribution in [0.3, 0.4) is 0 Å². The number of amides is 1. The lowest BCUT2D eigenvalue weighted by atomic mass is 10.1. The Hall–Kier alpha value is -6.04. The molecule has 0 aliphatic carbocycles. The Morgan fingerprint density at radius 3 is 1.91 bits per heavy atom. The number of nitrogens with one attached hydrogen (secondary N) is 2. The molecular weight excluding hydrogens is 690 g/mol. The minimum absolute atomic E-state index is 0.111. The molecule has 12 heteroatoms. The number of carbonyl (C=O) groups excluding carboxylic acids is 1. The molecule has 0 bridgehead atoms. The van der Waals surface area contributed by atoms with Gasteiger partial charge in [0.05, 0.1) is 54.3 Å². The minimum atomic E-state index is -0.358. The van der Waals surface area contributed by atoms with Crippen LogP contribution < -0.4 is 43.8 Å². The molecule has 1 aliphatic heterocycles. The molecule has 1 amide bonds. The number of nitrogens with zero attached hydrogens (tertiary/aromatic N) is 1. The van der Waals surface area contributed by atoms with Crippen LogP contribution in [-0.2, 0) is 0 Å². The molecule has 4 aromatic carbocycles. The maximum atomic E-state index is 12.6. The van der Waals surface area contributed by atoms with Crippen molar-refractivity contribution in [3.8, 4) is 62.8 Å². The van der Waals surface area contributed by atoms with Gasteiger partial charge in [-0.1, -0.05) is 49.0 Å². The fourth-order valence-corrected chi connectivity index (χ4v) is 6.35. The second kappa shape index (κ2) is 18.1. The van der Waals surface area contributed by atoms with Crippen LogP contribution in [0.25, 0.3) is 22.6 Å². The zero-order chi connectivity index (χ0) is 37.9. The lowest BCUT2D eigenvalue weighted by Gasteiger charge is -2.28. The molecule has 0 fully saturated rings. The number of carbonyl (C=O) groups is 1. The SMILES string of the molecule is COc1cc(C2NC(=O)c3ccccc3N2)ccc1OCCCCCCCCOc1cc(-c2cc(-c3cc(OC)c(OC)c(OC)c3)no2)ccc1OC. The molecule has 0 spiro atoms. The van der Waals surface area contributed by atoms with E-state index in [0.29, 0.717) is 70.5 Å². The molecule has 2 heterocycles. The van der Waals surface area contributed by atoms with Crippen molar-refractivity contribution < 1.29 is 42.5 Å². The van der Waals surface area contributed by atoms with Gasteiger partial charge in [0.15, 0.2) is 40.3 Å². The molecule has 284 valence electrons. The topological polar surface area (TPSA) is 132 Å². The second-order valence-electron chi connectivity index (χ2n) is 12.7. The Balaban J connectivity index is 0.923. The van der Waals surface area contributed by atoms with Gasteiger partial charge in [-0.15, -0.1) is 0 Å². The summed E-state index contributed by atoms with van der Waals surface area (Å²) in [5.74, 6) is 4.65. The van der Waals surface area contributed by atoms with E-state index in [4.69, 9.17) is 37.7 Å². The summed E-state index contributed by atoms with van der Waals surface area (Å²) in [6.45, 7) is 1.16. The van der Waals surface area contributed by atoms with E-state index in [2.05, 4.69) is 15.8 Å². The highest BCUT2D eigenvalue weighted by Crippen LogP contribution is 2.42. The lowest BCUT2D eigenvalue weighted by Crippen LogP contribution is -2.38. The summed E-state index contributed by atoms with van der Waals surface area (Å²) in [6, 6.07) is 24.4. The van der Waals surface area contributed by atoms with Crippen LogP contribution in [0.5, 0.6) is 40.2 Å². The van der Waals surface area contributed by atoms with Gasteiger partial charge in [0.1, 0.15) is 11.9 Å². The summed E-state index contributed by atoms with van der Waals surface area (Å²) in [6.07, 6.45) is 5.81. The van der Waals surface area contributed by atoms with Crippen LogP contribution in [0.2, 0.25) is 0 Å². The van der Waals surface area contributed by atoms with E-state index in [9.17, 15) is 4.79 Å². The summed E-state index contributed by atoms with van der Waals surface area (Å²) in [7, 11) is 7.97. The minimum Gasteiger partial charge on any atom is -0.493 e. The van der Waals surface area contributed by atoms with Gasteiger partial charge in [-0.25, -0.2) is 0 Å². The van der Waals surface area contributed by atoms with Crippen molar-refractivity contribution in [2.45, 2.75) is 44.7 Å². The summed E-state index contributed by atoms with van der Waals surface area (Å²) >= 11 is 0. The smallest absolute Gasteiger partial charge is 0.255 e. The van der Waals surface area contributed by atoms with Gasteiger partial charge < -0.3 is 48.3 Å². The number of unbranched alkanes of at least 4 members (excludes halogenated alkanes) is 5. The van der Waals surface area contributed by atoms with E-state index >= 15 is 0 Å². The van der Waals surface area contributed by atoms with Crippen molar-refractivity contribution in [1.82, 2.24) is 10.5 Å². The number of benzene rings is 4. The second-order valence-corrected chi connectivity index (χ2v) is 12.7. The first kappa shape index (κ1) is 37.7. The Kier molecular flexibility index (Phi) is 12.7. The van der Waals surface area contributed by atoms with Crippen LogP contribution in [0.15, 0.2) is 83.4 Å². The fourth-order valence-electron chi connectivity index (χ4n) is 6.35. The third-order valence-electron chi connectivity index (χ3n) is 9.24. The number of fused-ring (bicyclic) bond motifs is 1. The van der Waals surface area contributed by atoms with Gasteiger partial charge in [-0.05, 0) is 73.0 Å². The average molecular weight is 738 g/mol. The van der Waals surface area contributed by atoms with Gasteiger partial charge >= 0.3 is 0 Å². The summed E-state index contributed by atoms with van der Waals surface area (Å²) in [5, 5.41) is 10.7. The number of hydrogen-bond donors (Lipinski definition) is 2. The number of para-hydroxylation sites is 1. The number of rotatable bonds is 19. The zero-order valence-corrected chi connectivity index (χ0v) is 31.4. The van der Waals surface area contributed by atoms with Crippen molar-refractivity contribution in [3.63, 3.8) is 0 Å². The number of ether oxygens (including phenoxy) is 7. The number of anilines is 1. The zero-order valence-electron chi connectivity index (χ0n) is 31.4. The predicted octanol–water partition coefficient (Wildman–Crippen LogP) is 8.70. The molecular formula is C42H47N3O9. The number of hydrogen-bond acceptors (Lipinski definition) is 11. The van der Waals surface area contributed by atoms with Crippen molar-refractivity contribution in [3.05, 3.63) is 90.0 Å². The van der Waals surface area contributed by atoms with E-state index in [1.165, 1.54) is 0 Å². The van der Waals surface area contributed by atoms with Crippen LogP contribution in [0.1, 0.15) is 60.6 Å². The molecule has 6 rings (SSSR count). The summed E-state index contributed by atoms with van der Waals surface area (Å²) in [5.41, 5.74) is 4.52. The molecule has 0 radical (unpaired) electrons. The maximum absolute atomic E-state index is 12.6. The van der Waals surface area contributed by atoms with Crippen molar-refractivity contribution in [1.29, 1.82) is 0 Å². The maximum Gasteiger partial charge on any atom is 0.255 e. The van der Waals surface area contributed by atoms with Gasteiger partial charge in [0.2, 0.25) is 5.75 Å². The van der Waals surface area contributed by atoms with E-state index in [1.807, 2.05) is 72.8 Å². The largest absolute Gasteiger partial charge is 0.493 e. The monoisotopic (exact) mass is 737 g/mol. The third kappa shape index (κ3) is 8.76. The first-order chi connectivity index (χ1) is 26.5. The predicted molar refractivity (Wildman–Crippen MR) is 206 cm³/mol. The highest BCUT2D eigenvalue weighted by Gasteiger charge is 2.25. The van der Waals surface area contributed by atoms with Gasteiger partial charge in [-0.3, -0.25) is 4.79 Å². The molecule has 12 nitrogen and oxygen atoms in total. The first-order valence-electron chi connectivity index (χ1n) is 18.0. The van der Waals surface area contributed by atoms with Crippen molar-refractivity contribution >= 4 is 11.6 Å². The lowest BCUT2D eigenvalue weighted by molar-refractivity contribution is 0.0935. The third-order valence-corrected chi connectivity index (χ3v) is 9.24. The van der Waals surface area contributed by atoms with Crippen LogP contribution >= 0.6 is 0 Å². The van der Waals surface area contributed by atoms with E-state index < -0.39 is 0 Å². The fraction of sp³-hybridized carbons (Fsp3) is 0.333. The molecule has 1 unspecified atom stereocenters. The van der Waals surface area contributed by atoms with Crippen LogP contribution in [-0.4, -0.2) is 59.8 Å². The van der Waals surface area contributed by atoms with E-state index in [0.717, 1.165) is 60.9 Å². The van der Waals surface area contributed by atoms with E-state index in [-0.39, 0.29) is 12.1 Å². The highest BCUT2D eigenvalue weighted by molar-refractivity contribution is 6.01. The van der Waals surface area contributed by atoms with Gasteiger partial charge in [-0.2, -0.15) is 0 Å². The molecule has 1 aliphatic rings. The van der Waals surface area contributed by atoms with Gasteiger partial charge in [0.25, 0.3) is 5.91 Å². The Morgan fingerprint density at radius 1 is 0.593 bits per heavy atom. The quantitative estimate of drug-likeness (QED) is 0.0789. The molecule has 5 aromatic rings. The van der Waals surface area contributed by atoms with Gasteiger partial charge in [0, 0.05) is 22.9 Å². The highest BCUT2D eigenvalue weighted by atomic mass is 16.5. The summed E-state index contributed by atoms with van der Waals surface area (Å²) in [4.78, 5) is 12.6. The normalized spacial score (nSPS) is 13.3. The molecule has 2 N–H and O–H groups in total. The van der Waals surface area contributed by atoms with E-state index in [1.54, 1.807) is 41.6 Å². The van der Waals surface area contributed by atoms with Crippen molar-refractivity contribution in [2.75, 3.05) is 54.1 Å². The average Bonchev–Trinajstić information content (AvgIpc) is 3.71. The molecule has 1 atom stereocenters. The van der Waals surface area contributed by atoms with Crippen LogP contribution in [0.4, 0.5) is 5.69 Å². The number of aromatic nitrogens is 1. The Labute approximate surface area is 315 Å². The molecule has 1 aromatic heterocycles. The van der Waals surface area contributed by atoms with Crippen molar-refractivity contribution in [2.24, 2.45) is 0 Å². The molecule has 54 heavy (non-hydrogen) atoms. The Bertz CT molecular complexity index is 2000. The molecule has 0 saturated carbocycles.